The van der Waals surface area contributed by atoms with Crippen molar-refractivity contribution in [2.24, 2.45) is 7.05 Å². The maximum atomic E-state index is 12.6. The number of aryl methyl sites for hydroxylation is 2. The van der Waals surface area contributed by atoms with E-state index in [0.717, 1.165) is 5.82 Å². The van der Waals surface area contributed by atoms with Crippen LogP contribution in [0.5, 0.6) is 5.88 Å². The van der Waals surface area contributed by atoms with Crippen LogP contribution >= 0.6 is 0 Å². The SMILES string of the molecule is COc1cc(N2CCN(S(=O)(=O)c3cn(C)cn3)CC2)nc(C)n1. The van der Waals surface area contributed by atoms with Crippen molar-refractivity contribution < 1.29 is 13.2 Å². The van der Waals surface area contributed by atoms with Crippen LogP contribution in [-0.2, 0) is 17.1 Å². The lowest BCUT2D eigenvalue weighted by Crippen LogP contribution is -2.49. The molecular weight excluding hydrogens is 332 g/mol. The fourth-order valence-corrected chi connectivity index (χ4v) is 3.99. The quantitative estimate of drug-likeness (QED) is 0.767. The third kappa shape index (κ3) is 3.20. The maximum Gasteiger partial charge on any atom is 0.262 e. The van der Waals surface area contributed by atoms with E-state index in [1.807, 2.05) is 4.90 Å². The van der Waals surface area contributed by atoms with E-state index < -0.39 is 10.0 Å². The molecule has 0 aromatic carbocycles. The monoisotopic (exact) mass is 352 g/mol. The number of anilines is 1. The van der Waals surface area contributed by atoms with E-state index in [0.29, 0.717) is 37.9 Å². The Labute approximate surface area is 141 Å². The number of hydrogen-bond acceptors (Lipinski definition) is 7. The van der Waals surface area contributed by atoms with Crippen molar-refractivity contribution >= 4 is 15.8 Å². The Kier molecular flexibility index (Phi) is 4.41. The first kappa shape index (κ1) is 16.7. The van der Waals surface area contributed by atoms with Crippen molar-refractivity contribution in [2.45, 2.75) is 11.9 Å². The van der Waals surface area contributed by atoms with E-state index in [1.54, 1.807) is 31.7 Å². The predicted molar refractivity (Wildman–Crippen MR) is 87.5 cm³/mol. The number of methoxy groups -OCH3 is 1. The molecule has 0 amide bonds. The minimum absolute atomic E-state index is 0.0815. The van der Waals surface area contributed by atoms with Crippen molar-refractivity contribution in [1.82, 2.24) is 23.8 Å². The molecule has 10 heteroatoms. The molecule has 3 rings (SSSR count). The van der Waals surface area contributed by atoms with Gasteiger partial charge in [-0.1, -0.05) is 0 Å². The summed E-state index contributed by atoms with van der Waals surface area (Å²) in [5.74, 6) is 1.86. The highest BCUT2D eigenvalue weighted by Crippen LogP contribution is 2.21. The van der Waals surface area contributed by atoms with Crippen molar-refractivity contribution in [1.29, 1.82) is 0 Å². The first-order valence-electron chi connectivity index (χ1n) is 7.53. The topological polar surface area (TPSA) is 93.5 Å². The first-order valence-corrected chi connectivity index (χ1v) is 8.97. The molecule has 9 nitrogen and oxygen atoms in total. The molecule has 0 saturated carbocycles. The second-order valence-electron chi connectivity index (χ2n) is 5.58. The van der Waals surface area contributed by atoms with Crippen LogP contribution in [0, 0.1) is 6.92 Å². The molecule has 3 heterocycles. The molecule has 24 heavy (non-hydrogen) atoms. The minimum Gasteiger partial charge on any atom is -0.481 e. The summed E-state index contributed by atoms with van der Waals surface area (Å²) in [6.07, 6.45) is 3.00. The standard InChI is InChI=1S/C14H20N6O3S/c1-11-16-12(8-13(17-11)23-3)19-4-6-20(7-5-19)24(21,22)14-9-18(2)10-15-14/h8-10H,4-7H2,1-3H3. The van der Waals surface area contributed by atoms with Crippen LogP contribution in [0.15, 0.2) is 23.6 Å². The third-order valence-electron chi connectivity index (χ3n) is 3.86. The molecule has 0 radical (unpaired) electrons. The Morgan fingerprint density at radius 1 is 1.17 bits per heavy atom. The van der Waals surface area contributed by atoms with Gasteiger partial charge in [0, 0.05) is 45.5 Å². The van der Waals surface area contributed by atoms with Gasteiger partial charge in [0.2, 0.25) is 5.88 Å². The first-order chi connectivity index (χ1) is 11.4. The molecule has 130 valence electrons. The summed E-state index contributed by atoms with van der Waals surface area (Å²) in [5, 5.41) is 0.0815. The lowest BCUT2D eigenvalue weighted by atomic mass is 10.3. The zero-order valence-corrected chi connectivity index (χ0v) is 14.7. The van der Waals surface area contributed by atoms with Crippen LogP contribution in [0.2, 0.25) is 0 Å². The minimum atomic E-state index is -3.55. The average molecular weight is 352 g/mol. The summed E-state index contributed by atoms with van der Waals surface area (Å²) >= 11 is 0. The van der Waals surface area contributed by atoms with Gasteiger partial charge in [-0.05, 0) is 6.92 Å². The van der Waals surface area contributed by atoms with Gasteiger partial charge in [0.25, 0.3) is 10.0 Å². The molecule has 1 aliphatic heterocycles. The number of ether oxygens (including phenoxy) is 1. The molecule has 1 aliphatic rings. The van der Waals surface area contributed by atoms with Crippen LogP contribution in [0.3, 0.4) is 0 Å². The highest BCUT2D eigenvalue weighted by Gasteiger charge is 2.30. The summed E-state index contributed by atoms with van der Waals surface area (Å²) in [6.45, 7) is 3.65. The average Bonchev–Trinajstić information content (AvgIpc) is 3.01. The van der Waals surface area contributed by atoms with Crippen LogP contribution in [-0.4, -0.2) is 65.5 Å². The Morgan fingerprint density at radius 2 is 1.88 bits per heavy atom. The smallest absolute Gasteiger partial charge is 0.262 e. The van der Waals surface area contributed by atoms with Crippen LogP contribution in [0.25, 0.3) is 0 Å². The summed E-state index contributed by atoms with van der Waals surface area (Å²) in [4.78, 5) is 14.6. The lowest BCUT2D eigenvalue weighted by Gasteiger charge is -2.34. The molecule has 0 N–H and O–H groups in total. The molecular formula is C14H20N6O3S. The van der Waals surface area contributed by atoms with Crippen molar-refractivity contribution in [3.8, 4) is 5.88 Å². The van der Waals surface area contributed by atoms with Gasteiger partial charge >= 0.3 is 0 Å². The second kappa shape index (κ2) is 6.36. The van der Waals surface area contributed by atoms with Gasteiger partial charge in [-0.15, -0.1) is 0 Å². The fraction of sp³-hybridized carbons (Fsp3) is 0.500. The van der Waals surface area contributed by atoms with Gasteiger partial charge < -0.3 is 14.2 Å². The van der Waals surface area contributed by atoms with E-state index in [9.17, 15) is 8.42 Å². The van der Waals surface area contributed by atoms with Crippen molar-refractivity contribution in [3.05, 3.63) is 24.4 Å². The van der Waals surface area contributed by atoms with Gasteiger partial charge in [0.1, 0.15) is 11.6 Å². The molecule has 0 bridgehead atoms. The molecule has 0 aliphatic carbocycles. The zero-order chi connectivity index (χ0) is 17.3. The summed E-state index contributed by atoms with van der Waals surface area (Å²) in [7, 11) is -0.247. The third-order valence-corrected chi connectivity index (χ3v) is 5.64. The fourth-order valence-electron chi connectivity index (χ4n) is 2.60. The van der Waals surface area contributed by atoms with E-state index in [1.165, 1.54) is 16.8 Å². The van der Waals surface area contributed by atoms with E-state index >= 15 is 0 Å². The molecule has 0 spiro atoms. The summed E-state index contributed by atoms with van der Waals surface area (Å²) < 4.78 is 33.4. The number of hydrogen-bond donors (Lipinski definition) is 0. The normalized spacial score (nSPS) is 16.4. The van der Waals surface area contributed by atoms with Gasteiger partial charge in [-0.3, -0.25) is 0 Å². The lowest BCUT2D eigenvalue weighted by molar-refractivity contribution is 0.379. The summed E-state index contributed by atoms with van der Waals surface area (Å²) in [6, 6.07) is 1.76. The molecule has 2 aromatic heterocycles. The second-order valence-corrected chi connectivity index (χ2v) is 7.47. The Morgan fingerprint density at radius 3 is 2.46 bits per heavy atom. The van der Waals surface area contributed by atoms with E-state index in [4.69, 9.17) is 4.74 Å². The van der Waals surface area contributed by atoms with Gasteiger partial charge in [0.05, 0.1) is 13.4 Å². The van der Waals surface area contributed by atoms with Crippen LogP contribution in [0.4, 0.5) is 5.82 Å². The van der Waals surface area contributed by atoms with Gasteiger partial charge in [0.15, 0.2) is 5.03 Å². The van der Waals surface area contributed by atoms with Crippen LogP contribution in [0.1, 0.15) is 5.82 Å². The predicted octanol–water partition coefficient (Wildman–Crippen LogP) is 0.0380. The van der Waals surface area contributed by atoms with Gasteiger partial charge in [-0.2, -0.15) is 9.29 Å². The van der Waals surface area contributed by atoms with Crippen molar-refractivity contribution in [3.63, 3.8) is 0 Å². The highest BCUT2D eigenvalue weighted by atomic mass is 32.2. The molecule has 1 fully saturated rings. The molecule has 1 saturated heterocycles. The number of aromatic nitrogens is 4. The number of sulfonamides is 1. The number of rotatable bonds is 4. The molecule has 2 aromatic rings. The van der Waals surface area contributed by atoms with Gasteiger partial charge in [-0.25, -0.2) is 18.4 Å². The van der Waals surface area contributed by atoms with Crippen LogP contribution < -0.4 is 9.64 Å². The van der Waals surface area contributed by atoms with E-state index in [-0.39, 0.29) is 5.03 Å². The summed E-state index contributed by atoms with van der Waals surface area (Å²) in [5.41, 5.74) is 0. The highest BCUT2D eigenvalue weighted by molar-refractivity contribution is 7.89. The van der Waals surface area contributed by atoms with E-state index in [2.05, 4.69) is 15.0 Å². The Hall–Kier alpha value is -2.20. The van der Waals surface area contributed by atoms with Crippen molar-refractivity contribution in [2.75, 3.05) is 38.2 Å². The number of imidazole rings is 1. The Balaban J connectivity index is 1.73. The zero-order valence-electron chi connectivity index (χ0n) is 13.9. The molecule has 0 unspecified atom stereocenters. The maximum absolute atomic E-state index is 12.6. The largest absolute Gasteiger partial charge is 0.481 e. The Bertz CT molecular complexity index is 827. The number of piperazine rings is 1. The molecule has 0 atom stereocenters. The number of nitrogens with zero attached hydrogens (tertiary/aromatic N) is 6.